The van der Waals surface area contributed by atoms with Crippen molar-refractivity contribution in [1.29, 1.82) is 0 Å². The Hall–Kier alpha value is -2.95. The summed E-state index contributed by atoms with van der Waals surface area (Å²) in [6.07, 6.45) is 1.84. The Morgan fingerprint density at radius 3 is 2.46 bits per heavy atom. The van der Waals surface area contributed by atoms with E-state index in [2.05, 4.69) is 0 Å². The summed E-state index contributed by atoms with van der Waals surface area (Å²) in [5, 5.41) is 0. The van der Waals surface area contributed by atoms with Gasteiger partial charge in [0.15, 0.2) is 17.3 Å². The van der Waals surface area contributed by atoms with E-state index in [1.54, 1.807) is 39.5 Å². The van der Waals surface area contributed by atoms with Crippen molar-refractivity contribution >= 4 is 11.9 Å². The van der Waals surface area contributed by atoms with E-state index in [-0.39, 0.29) is 12.4 Å². The highest BCUT2D eigenvalue weighted by atomic mass is 16.5. The maximum absolute atomic E-state index is 12.7. The third kappa shape index (κ3) is 2.93. The van der Waals surface area contributed by atoms with Crippen molar-refractivity contribution in [3.63, 3.8) is 0 Å². The molecule has 1 aliphatic heterocycles. The monoisotopic (exact) mass is 326 g/mol. The molecule has 0 aliphatic carbocycles. The molecule has 0 unspecified atom stereocenters. The third-order valence-corrected chi connectivity index (χ3v) is 3.87. The molecule has 0 bridgehead atoms. The summed E-state index contributed by atoms with van der Waals surface area (Å²) < 4.78 is 21.3. The van der Waals surface area contributed by atoms with Crippen LogP contribution in [0.25, 0.3) is 6.08 Å². The largest absolute Gasteiger partial charge is 0.497 e. The van der Waals surface area contributed by atoms with Crippen LogP contribution < -0.4 is 18.9 Å². The van der Waals surface area contributed by atoms with E-state index in [0.29, 0.717) is 28.4 Å². The van der Waals surface area contributed by atoms with Crippen molar-refractivity contribution < 1.29 is 23.7 Å². The Labute approximate surface area is 140 Å². The van der Waals surface area contributed by atoms with Crippen molar-refractivity contribution in [2.75, 3.05) is 27.9 Å². The van der Waals surface area contributed by atoms with E-state index in [0.717, 1.165) is 11.3 Å². The number of carbonyl (C=O) groups excluding carboxylic acids is 1. The number of hydrogen-bond acceptors (Lipinski definition) is 5. The molecule has 0 radical (unpaired) electrons. The minimum absolute atomic E-state index is 0.0996. The fourth-order valence-electron chi connectivity index (χ4n) is 2.56. The molecule has 0 fully saturated rings. The number of carbonyl (C=O) groups is 1. The van der Waals surface area contributed by atoms with E-state index in [1.165, 1.54) is 0 Å². The van der Waals surface area contributed by atoms with Crippen molar-refractivity contribution in [2.45, 2.75) is 0 Å². The van der Waals surface area contributed by atoms with Gasteiger partial charge in [0.05, 0.1) is 21.3 Å². The number of fused-ring (bicyclic) bond motifs is 1. The number of hydrogen-bond donors (Lipinski definition) is 0. The lowest BCUT2D eigenvalue weighted by Gasteiger charge is -2.18. The van der Waals surface area contributed by atoms with Crippen LogP contribution in [-0.2, 0) is 0 Å². The first-order chi connectivity index (χ1) is 11.7. The Morgan fingerprint density at radius 1 is 0.958 bits per heavy atom. The lowest BCUT2D eigenvalue weighted by atomic mass is 9.99. The van der Waals surface area contributed by atoms with Crippen molar-refractivity contribution in [1.82, 2.24) is 0 Å². The average molecular weight is 326 g/mol. The molecule has 0 saturated carbocycles. The molecule has 2 aromatic rings. The highest BCUT2D eigenvalue weighted by Crippen LogP contribution is 2.33. The smallest absolute Gasteiger partial charge is 0.192 e. The average Bonchev–Trinajstić information content (AvgIpc) is 2.65. The van der Waals surface area contributed by atoms with E-state index in [1.807, 2.05) is 24.3 Å². The molecule has 0 saturated heterocycles. The summed E-state index contributed by atoms with van der Waals surface area (Å²) in [6, 6.07) is 10.6. The highest BCUT2D eigenvalue weighted by molar-refractivity contribution is 6.12. The lowest BCUT2D eigenvalue weighted by Crippen LogP contribution is -2.15. The van der Waals surface area contributed by atoms with Gasteiger partial charge in [-0.3, -0.25) is 4.79 Å². The van der Waals surface area contributed by atoms with E-state index >= 15 is 0 Å². The van der Waals surface area contributed by atoms with Crippen LogP contribution in [0.15, 0.2) is 42.0 Å². The molecular weight excluding hydrogens is 308 g/mol. The second kappa shape index (κ2) is 6.66. The maximum atomic E-state index is 12.7. The van der Waals surface area contributed by atoms with E-state index < -0.39 is 0 Å². The molecular formula is C19H18O5. The zero-order valence-corrected chi connectivity index (χ0v) is 13.8. The fraction of sp³-hybridized carbons (Fsp3) is 0.211. The molecule has 5 heteroatoms. The van der Waals surface area contributed by atoms with Gasteiger partial charge < -0.3 is 18.9 Å². The van der Waals surface area contributed by atoms with Gasteiger partial charge in [-0.05, 0) is 36.4 Å². The predicted molar refractivity (Wildman–Crippen MR) is 90.3 cm³/mol. The SMILES string of the molecule is COc1ccc2c(c1)OCC(C(=O)c1ccc(OC)c(OC)c1)=C2. The molecule has 24 heavy (non-hydrogen) atoms. The standard InChI is InChI=1S/C19H18O5/c1-21-15-6-4-12-8-14(11-24-17(12)10-15)19(20)13-5-7-16(22-2)18(9-13)23-3/h4-10H,11H2,1-3H3. The van der Waals surface area contributed by atoms with Gasteiger partial charge in [-0.2, -0.15) is 0 Å². The first-order valence-corrected chi connectivity index (χ1v) is 7.44. The zero-order valence-electron chi connectivity index (χ0n) is 13.8. The summed E-state index contributed by atoms with van der Waals surface area (Å²) in [5.41, 5.74) is 1.96. The molecule has 5 nitrogen and oxygen atoms in total. The Kier molecular flexibility index (Phi) is 4.42. The first kappa shape index (κ1) is 15.9. The first-order valence-electron chi connectivity index (χ1n) is 7.44. The second-order valence-corrected chi connectivity index (χ2v) is 5.26. The Morgan fingerprint density at radius 2 is 1.75 bits per heavy atom. The number of ketones is 1. The highest BCUT2D eigenvalue weighted by Gasteiger charge is 2.20. The normalized spacial score (nSPS) is 12.5. The molecule has 2 aromatic carbocycles. The van der Waals surface area contributed by atoms with Crippen LogP contribution in [0.3, 0.4) is 0 Å². The molecule has 0 atom stereocenters. The summed E-state index contributed by atoms with van der Waals surface area (Å²) in [6.45, 7) is 0.216. The van der Waals surface area contributed by atoms with Gasteiger partial charge in [0.25, 0.3) is 0 Å². The predicted octanol–water partition coefficient (Wildman–Crippen LogP) is 3.37. The Bertz CT molecular complexity index is 807. The van der Waals surface area contributed by atoms with Crippen LogP contribution in [0.5, 0.6) is 23.0 Å². The van der Waals surface area contributed by atoms with Crippen LogP contribution in [0.2, 0.25) is 0 Å². The van der Waals surface area contributed by atoms with Gasteiger partial charge in [0.1, 0.15) is 18.1 Å². The van der Waals surface area contributed by atoms with Gasteiger partial charge in [-0.25, -0.2) is 0 Å². The van der Waals surface area contributed by atoms with Crippen LogP contribution >= 0.6 is 0 Å². The molecule has 0 spiro atoms. The van der Waals surface area contributed by atoms with Crippen molar-refractivity contribution in [2.24, 2.45) is 0 Å². The lowest BCUT2D eigenvalue weighted by molar-refractivity contribution is 0.102. The number of methoxy groups -OCH3 is 3. The number of ether oxygens (including phenoxy) is 4. The molecule has 0 aromatic heterocycles. The van der Waals surface area contributed by atoms with E-state index in [9.17, 15) is 4.79 Å². The van der Waals surface area contributed by atoms with Gasteiger partial charge in [-0.15, -0.1) is 0 Å². The molecule has 0 N–H and O–H groups in total. The van der Waals surface area contributed by atoms with Crippen LogP contribution in [0.1, 0.15) is 15.9 Å². The fourth-order valence-corrected chi connectivity index (χ4v) is 2.56. The van der Waals surface area contributed by atoms with Gasteiger partial charge in [0.2, 0.25) is 0 Å². The molecule has 0 amide bonds. The Balaban J connectivity index is 1.91. The molecule has 3 rings (SSSR count). The summed E-state index contributed by atoms with van der Waals surface area (Å²) >= 11 is 0. The number of rotatable bonds is 5. The summed E-state index contributed by atoms with van der Waals surface area (Å²) in [4.78, 5) is 12.7. The minimum Gasteiger partial charge on any atom is -0.497 e. The molecule has 1 heterocycles. The second-order valence-electron chi connectivity index (χ2n) is 5.26. The molecule has 1 aliphatic rings. The maximum Gasteiger partial charge on any atom is 0.192 e. The third-order valence-electron chi connectivity index (χ3n) is 3.87. The van der Waals surface area contributed by atoms with Crippen LogP contribution in [0, 0.1) is 0 Å². The van der Waals surface area contributed by atoms with E-state index in [4.69, 9.17) is 18.9 Å². The minimum atomic E-state index is -0.0996. The summed E-state index contributed by atoms with van der Waals surface area (Å²) in [5.74, 6) is 2.43. The number of benzene rings is 2. The van der Waals surface area contributed by atoms with Crippen molar-refractivity contribution in [3.8, 4) is 23.0 Å². The number of Topliss-reactive ketones (excluding diaryl/α,β-unsaturated/α-hetero) is 1. The van der Waals surface area contributed by atoms with Crippen LogP contribution in [0.4, 0.5) is 0 Å². The van der Waals surface area contributed by atoms with Crippen LogP contribution in [-0.4, -0.2) is 33.7 Å². The van der Waals surface area contributed by atoms with Crippen molar-refractivity contribution in [3.05, 3.63) is 53.1 Å². The molecule has 124 valence electrons. The van der Waals surface area contributed by atoms with Gasteiger partial charge in [-0.1, -0.05) is 0 Å². The topological polar surface area (TPSA) is 54.0 Å². The van der Waals surface area contributed by atoms with Gasteiger partial charge >= 0.3 is 0 Å². The quantitative estimate of drug-likeness (QED) is 0.789. The zero-order chi connectivity index (χ0) is 17.1. The summed E-state index contributed by atoms with van der Waals surface area (Å²) in [7, 11) is 4.70. The van der Waals surface area contributed by atoms with Gasteiger partial charge in [0, 0.05) is 22.8 Å².